The molecule has 110 valence electrons. The standard InChI is InChI=1S/C18H21NOS/c1-3-14-9-8-10-15(4-2)18(14)19-17(20)13-21-16-11-6-5-7-12-16/h5-12H,3-4,13H2,1-2H3,(H,19,20). The van der Waals surface area contributed by atoms with E-state index in [-0.39, 0.29) is 5.91 Å². The zero-order valence-corrected chi connectivity index (χ0v) is 13.4. The smallest absolute Gasteiger partial charge is 0.234 e. The van der Waals surface area contributed by atoms with Gasteiger partial charge in [0.05, 0.1) is 5.75 Å². The van der Waals surface area contributed by atoms with E-state index in [0.29, 0.717) is 5.75 Å². The topological polar surface area (TPSA) is 29.1 Å². The van der Waals surface area contributed by atoms with E-state index in [1.807, 2.05) is 30.3 Å². The average molecular weight is 299 g/mol. The van der Waals surface area contributed by atoms with Crippen LogP contribution in [-0.2, 0) is 17.6 Å². The number of nitrogens with one attached hydrogen (secondary N) is 1. The van der Waals surface area contributed by atoms with Gasteiger partial charge in [-0.25, -0.2) is 0 Å². The van der Waals surface area contributed by atoms with Gasteiger partial charge in [0.15, 0.2) is 0 Å². The predicted octanol–water partition coefficient (Wildman–Crippen LogP) is 4.54. The van der Waals surface area contributed by atoms with Crippen LogP contribution in [0.3, 0.4) is 0 Å². The number of benzene rings is 2. The molecule has 0 saturated heterocycles. The fourth-order valence-corrected chi connectivity index (χ4v) is 2.96. The minimum Gasteiger partial charge on any atom is -0.325 e. The molecule has 0 aliphatic carbocycles. The molecule has 3 heteroatoms. The number of amides is 1. The Bertz CT molecular complexity index is 573. The highest BCUT2D eigenvalue weighted by Crippen LogP contribution is 2.23. The van der Waals surface area contributed by atoms with Crippen molar-refractivity contribution in [3.63, 3.8) is 0 Å². The lowest BCUT2D eigenvalue weighted by molar-refractivity contribution is -0.113. The van der Waals surface area contributed by atoms with Gasteiger partial charge in [0, 0.05) is 10.6 Å². The molecule has 2 rings (SSSR count). The second-order valence-corrected chi connectivity index (χ2v) is 5.86. The maximum atomic E-state index is 12.2. The van der Waals surface area contributed by atoms with Crippen molar-refractivity contribution >= 4 is 23.4 Å². The molecule has 0 radical (unpaired) electrons. The third kappa shape index (κ3) is 4.36. The SMILES string of the molecule is CCc1cccc(CC)c1NC(=O)CSc1ccccc1. The first kappa shape index (κ1) is 15.6. The Balaban J connectivity index is 2.02. The van der Waals surface area contributed by atoms with Gasteiger partial charge < -0.3 is 5.32 Å². The van der Waals surface area contributed by atoms with Crippen LogP contribution in [0, 0.1) is 0 Å². The highest BCUT2D eigenvalue weighted by Gasteiger charge is 2.10. The Labute approximate surface area is 131 Å². The zero-order chi connectivity index (χ0) is 15.1. The summed E-state index contributed by atoms with van der Waals surface area (Å²) in [5.74, 6) is 0.491. The van der Waals surface area contributed by atoms with Gasteiger partial charge in [-0.2, -0.15) is 0 Å². The van der Waals surface area contributed by atoms with Gasteiger partial charge in [-0.3, -0.25) is 4.79 Å². The number of rotatable bonds is 6. The lowest BCUT2D eigenvalue weighted by atomic mass is 10.0. The number of carbonyl (C=O) groups is 1. The molecule has 2 aromatic rings. The molecule has 0 atom stereocenters. The van der Waals surface area contributed by atoms with Gasteiger partial charge in [0.2, 0.25) is 5.91 Å². The first-order valence-corrected chi connectivity index (χ1v) is 8.31. The van der Waals surface area contributed by atoms with Crippen molar-refractivity contribution < 1.29 is 4.79 Å². The van der Waals surface area contributed by atoms with E-state index in [1.165, 1.54) is 11.1 Å². The van der Waals surface area contributed by atoms with Gasteiger partial charge in [-0.1, -0.05) is 50.2 Å². The lowest BCUT2D eigenvalue weighted by Crippen LogP contribution is -2.16. The molecule has 0 bridgehead atoms. The predicted molar refractivity (Wildman–Crippen MR) is 91.0 cm³/mol. The molecule has 0 aromatic heterocycles. The van der Waals surface area contributed by atoms with Crippen molar-refractivity contribution in [2.45, 2.75) is 31.6 Å². The quantitative estimate of drug-likeness (QED) is 0.793. The number of hydrogen-bond donors (Lipinski definition) is 1. The number of hydrogen-bond acceptors (Lipinski definition) is 2. The van der Waals surface area contributed by atoms with Crippen LogP contribution >= 0.6 is 11.8 Å². The molecule has 21 heavy (non-hydrogen) atoms. The number of para-hydroxylation sites is 1. The Morgan fingerprint density at radius 2 is 1.57 bits per heavy atom. The molecule has 1 N–H and O–H groups in total. The summed E-state index contributed by atoms with van der Waals surface area (Å²) in [4.78, 5) is 13.3. The Morgan fingerprint density at radius 1 is 0.952 bits per heavy atom. The Kier molecular flexibility index (Phi) is 5.88. The normalized spacial score (nSPS) is 10.4. The number of anilines is 1. The highest BCUT2D eigenvalue weighted by atomic mass is 32.2. The Hall–Kier alpha value is -1.74. The summed E-state index contributed by atoms with van der Waals surface area (Å²) >= 11 is 1.56. The molecule has 0 aliphatic rings. The molecule has 0 heterocycles. The molecule has 1 amide bonds. The van der Waals surface area contributed by atoms with Crippen molar-refractivity contribution in [3.05, 3.63) is 59.7 Å². The maximum Gasteiger partial charge on any atom is 0.234 e. The fourth-order valence-electron chi connectivity index (χ4n) is 2.24. The van der Waals surface area contributed by atoms with E-state index in [1.54, 1.807) is 11.8 Å². The molecule has 0 unspecified atom stereocenters. The summed E-state index contributed by atoms with van der Waals surface area (Å²) < 4.78 is 0. The summed E-state index contributed by atoms with van der Waals surface area (Å²) in [5.41, 5.74) is 3.40. The molecule has 0 spiro atoms. The largest absolute Gasteiger partial charge is 0.325 e. The van der Waals surface area contributed by atoms with Crippen LogP contribution in [0.4, 0.5) is 5.69 Å². The third-order valence-electron chi connectivity index (χ3n) is 3.38. The van der Waals surface area contributed by atoms with E-state index in [2.05, 4.69) is 37.4 Å². The number of carbonyl (C=O) groups excluding carboxylic acids is 1. The molecular weight excluding hydrogens is 278 g/mol. The second kappa shape index (κ2) is 7.89. The molecule has 2 aromatic carbocycles. The van der Waals surface area contributed by atoms with E-state index in [9.17, 15) is 4.79 Å². The minimum atomic E-state index is 0.0550. The van der Waals surface area contributed by atoms with Gasteiger partial charge in [0.25, 0.3) is 0 Å². The fraction of sp³-hybridized carbons (Fsp3) is 0.278. The van der Waals surface area contributed by atoms with Gasteiger partial charge in [-0.05, 0) is 36.1 Å². The number of aryl methyl sites for hydroxylation is 2. The van der Waals surface area contributed by atoms with Crippen molar-refractivity contribution in [3.8, 4) is 0 Å². The van der Waals surface area contributed by atoms with Crippen LogP contribution in [0.15, 0.2) is 53.4 Å². The number of thioether (sulfide) groups is 1. The van der Waals surface area contributed by atoms with Crippen LogP contribution in [0.1, 0.15) is 25.0 Å². The summed E-state index contributed by atoms with van der Waals surface area (Å²) in [6.07, 6.45) is 1.85. The second-order valence-electron chi connectivity index (χ2n) is 4.81. The average Bonchev–Trinajstić information content (AvgIpc) is 2.54. The maximum absolute atomic E-state index is 12.2. The monoisotopic (exact) mass is 299 g/mol. The van der Waals surface area contributed by atoms with Crippen LogP contribution in [0.2, 0.25) is 0 Å². The van der Waals surface area contributed by atoms with E-state index >= 15 is 0 Å². The van der Waals surface area contributed by atoms with Gasteiger partial charge in [0.1, 0.15) is 0 Å². The minimum absolute atomic E-state index is 0.0550. The van der Waals surface area contributed by atoms with Crippen molar-refractivity contribution in [2.24, 2.45) is 0 Å². The van der Waals surface area contributed by atoms with Gasteiger partial charge in [-0.15, -0.1) is 11.8 Å². The third-order valence-corrected chi connectivity index (χ3v) is 4.39. The van der Waals surface area contributed by atoms with Crippen LogP contribution in [0.25, 0.3) is 0 Å². The van der Waals surface area contributed by atoms with Crippen LogP contribution in [0.5, 0.6) is 0 Å². The first-order valence-electron chi connectivity index (χ1n) is 7.33. The molecule has 0 fully saturated rings. The zero-order valence-electron chi connectivity index (χ0n) is 12.6. The van der Waals surface area contributed by atoms with Crippen LogP contribution in [-0.4, -0.2) is 11.7 Å². The first-order chi connectivity index (χ1) is 10.2. The molecule has 0 aliphatic heterocycles. The summed E-state index contributed by atoms with van der Waals surface area (Å²) in [6, 6.07) is 16.2. The lowest BCUT2D eigenvalue weighted by Gasteiger charge is -2.14. The van der Waals surface area contributed by atoms with E-state index in [0.717, 1.165) is 23.4 Å². The molecule has 0 saturated carbocycles. The van der Waals surface area contributed by atoms with E-state index in [4.69, 9.17) is 0 Å². The molecular formula is C18H21NOS. The van der Waals surface area contributed by atoms with Crippen molar-refractivity contribution in [1.82, 2.24) is 0 Å². The van der Waals surface area contributed by atoms with Crippen LogP contribution < -0.4 is 5.32 Å². The summed E-state index contributed by atoms with van der Waals surface area (Å²) in [5, 5.41) is 3.09. The van der Waals surface area contributed by atoms with Crippen molar-refractivity contribution in [1.29, 1.82) is 0 Å². The van der Waals surface area contributed by atoms with Gasteiger partial charge >= 0.3 is 0 Å². The summed E-state index contributed by atoms with van der Waals surface area (Å²) in [7, 11) is 0. The Morgan fingerprint density at radius 3 is 2.14 bits per heavy atom. The summed E-state index contributed by atoms with van der Waals surface area (Å²) in [6.45, 7) is 4.23. The highest BCUT2D eigenvalue weighted by molar-refractivity contribution is 8.00. The van der Waals surface area contributed by atoms with Crippen molar-refractivity contribution in [2.75, 3.05) is 11.1 Å². The molecule has 2 nitrogen and oxygen atoms in total. The van der Waals surface area contributed by atoms with E-state index < -0.39 is 0 Å².